The maximum Gasteiger partial charge on any atom is 0.140 e. The van der Waals surface area contributed by atoms with E-state index in [0.29, 0.717) is 0 Å². The number of thiophene rings is 1. The van der Waals surface area contributed by atoms with E-state index in [1.165, 1.54) is 4.88 Å². The predicted molar refractivity (Wildman–Crippen MR) is 70.5 cm³/mol. The van der Waals surface area contributed by atoms with E-state index in [1.54, 1.807) is 22.7 Å². The normalized spacial score (nSPS) is 16.6. The molecule has 2 aromatic heterocycles. The Hall–Kier alpha value is -0.910. The summed E-state index contributed by atoms with van der Waals surface area (Å²) in [6, 6.07) is 4.21. The molecule has 0 bridgehead atoms. The van der Waals surface area contributed by atoms with Crippen molar-refractivity contribution in [2.45, 2.75) is 0 Å². The summed E-state index contributed by atoms with van der Waals surface area (Å²) < 4.78 is 0. The van der Waals surface area contributed by atoms with Crippen molar-refractivity contribution < 1.29 is 0 Å². The molecular formula is C11H13N3S2. The van der Waals surface area contributed by atoms with Crippen LogP contribution in [0, 0.1) is 0 Å². The zero-order valence-electron chi connectivity index (χ0n) is 8.85. The van der Waals surface area contributed by atoms with Crippen molar-refractivity contribution in [3.63, 3.8) is 0 Å². The molecular weight excluding hydrogens is 238 g/mol. The van der Waals surface area contributed by atoms with Crippen molar-refractivity contribution in [1.82, 2.24) is 10.3 Å². The van der Waals surface area contributed by atoms with E-state index in [4.69, 9.17) is 4.98 Å². The van der Waals surface area contributed by atoms with Gasteiger partial charge in [-0.25, -0.2) is 4.98 Å². The average Bonchev–Trinajstić information content (AvgIpc) is 3.01. The number of thiazole rings is 1. The molecule has 0 radical (unpaired) electrons. The fourth-order valence-electron chi connectivity index (χ4n) is 1.82. The largest absolute Gasteiger partial charge is 0.353 e. The van der Waals surface area contributed by atoms with Gasteiger partial charge in [0.15, 0.2) is 0 Å². The molecule has 16 heavy (non-hydrogen) atoms. The summed E-state index contributed by atoms with van der Waals surface area (Å²) in [5.74, 6) is 1.13. The number of anilines is 1. The second kappa shape index (κ2) is 4.53. The van der Waals surface area contributed by atoms with Gasteiger partial charge in [0.05, 0.1) is 4.88 Å². The van der Waals surface area contributed by atoms with Crippen molar-refractivity contribution in [3.8, 4) is 9.88 Å². The van der Waals surface area contributed by atoms with Crippen LogP contribution in [0.2, 0.25) is 0 Å². The topological polar surface area (TPSA) is 28.2 Å². The van der Waals surface area contributed by atoms with Crippen molar-refractivity contribution in [1.29, 1.82) is 0 Å². The van der Waals surface area contributed by atoms with Gasteiger partial charge in [-0.3, -0.25) is 0 Å². The van der Waals surface area contributed by atoms with Crippen LogP contribution in [-0.2, 0) is 0 Å². The van der Waals surface area contributed by atoms with Crippen LogP contribution < -0.4 is 10.2 Å². The number of aromatic nitrogens is 1. The molecule has 0 unspecified atom stereocenters. The van der Waals surface area contributed by atoms with Gasteiger partial charge in [-0.05, 0) is 11.4 Å². The first-order valence-corrected chi connectivity index (χ1v) is 7.14. The van der Waals surface area contributed by atoms with Crippen LogP contribution in [0.1, 0.15) is 0 Å². The van der Waals surface area contributed by atoms with Gasteiger partial charge in [-0.15, -0.1) is 22.7 Å². The Morgan fingerprint density at radius 2 is 2.12 bits per heavy atom. The first-order valence-electron chi connectivity index (χ1n) is 5.38. The van der Waals surface area contributed by atoms with Crippen LogP contribution in [-0.4, -0.2) is 31.2 Å². The highest BCUT2D eigenvalue weighted by atomic mass is 32.1. The predicted octanol–water partition coefficient (Wildman–Crippen LogP) is 2.28. The lowest BCUT2D eigenvalue weighted by atomic mass is 10.4. The van der Waals surface area contributed by atoms with Crippen LogP contribution in [0.15, 0.2) is 22.9 Å². The number of hydrogen-bond donors (Lipinski definition) is 1. The number of piperazine rings is 1. The molecule has 0 spiro atoms. The van der Waals surface area contributed by atoms with E-state index in [1.807, 2.05) is 0 Å². The summed E-state index contributed by atoms with van der Waals surface area (Å²) in [6.45, 7) is 4.25. The SMILES string of the molecule is c1csc(-c2nc(N3CCNCC3)cs2)c1. The first-order chi connectivity index (χ1) is 7.93. The maximum absolute atomic E-state index is 4.70. The Morgan fingerprint density at radius 3 is 2.88 bits per heavy atom. The highest BCUT2D eigenvalue weighted by molar-refractivity contribution is 7.20. The van der Waals surface area contributed by atoms with E-state index in [-0.39, 0.29) is 0 Å². The summed E-state index contributed by atoms with van der Waals surface area (Å²) in [7, 11) is 0. The maximum atomic E-state index is 4.70. The molecule has 0 aromatic carbocycles. The molecule has 2 aromatic rings. The third kappa shape index (κ3) is 1.98. The van der Waals surface area contributed by atoms with Crippen molar-refractivity contribution in [3.05, 3.63) is 22.9 Å². The van der Waals surface area contributed by atoms with Crippen LogP contribution >= 0.6 is 22.7 Å². The lowest BCUT2D eigenvalue weighted by molar-refractivity contribution is 0.586. The lowest BCUT2D eigenvalue weighted by Gasteiger charge is -2.27. The molecule has 1 saturated heterocycles. The molecule has 84 valence electrons. The molecule has 1 aliphatic heterocycles. The summed E-state index contributed by atoms with van der Waals surface area (Å²) in [4.78, 5) is 8.32. The van der Waals surface area contributed by atoms with Gasteiger partial charge in [0.1, 0.15) is 10.8 Å². The van der Waals surface area contributed by atoms with Gasteiger partial charge in [-0.2, -0.15) is 0 Å². The Bertz CT molecular complexity index is 444. The third-order valence-electron chi connectivity index (χ3n) is 2.67. The summed E-state index contributed by atoms with van der Waals surface area (Å²) in [5, 5.41) is 8.76. The van der Waals surface area contributed by atoms with E-state index < -0.39 is 0 Å². The molecule has 3 rings (SSSR count). The fraction of sp³-hybridized carbons (Fsp3) is 0.364. The molecule has 1 fully saturated rings. The minimum absolute atomic E-state index is 1.06. The fourth-order valence-corrected chi connectivity index (χ4v) is 3.46. The smallest absolute Gasteiger partial charge is 0.140 e. The molecule has 3 heterocycles. The summed E-state index contributed by atoms with van der Waals surface area (Å²) in [5.41, 5.74) is 0. The first kappa shape index (κ1) is 10.3. The highest BCUT2D eigenvalue weighted by Gasteiger charge is 2.14. The zero-order valence-corrected chi connectivity index (χ0v) is 10.5. The molecule has 3 nitrogen and oxygen atoms in total. The van der Waals surface area contributed by atoms with E-state index in [2.05, 4.69) is 33.1 Å². The Labute approximate surface area is 103 Å². The van der Waals surface area contributed by atoms with Gasteiger partial charge >= 0.3 is 0 Å². The van der Waals surface area contributed by atoms with Gasteiger partial charge in [-0.1, -0.05) is 6.07 Å². The molecule has 0 saturated carbocycles. The van der Waals surface area contributed by atoms with E-state index in [0.717, 1.165) is 37.0 Å². The zero-order chi connectivity index (χ0) is 10.8. The number of nitrogens with one attached hydrogen (secondary N) is 1. The monoisotopic (exact) mass is 251 g/mol. The molecule has 0 amide bonds. The number of nitrogens with zero attached hydrogens (tertiary/aromatic N) is 2. The van der Waals surface area contributed by atoms with Gasteiger partial charge in [0.25, 0.3) is 0 Å². The van der Waals surface area contributed by atoms with Crippen molar-refractivity contribution in [2.75, 3.05) is 31.1 Å². The Morgan fingerprint density at radius 1 is 1.25 bits per heavy atom. The van der Waals surface area contributed by atoms with Gasteiger partial charge in [0, 0.05) is 31.6 Å². The Balaban J connectivity index is 1.82. The minimum Gasteiger partial charge on any atom is -0.353 e. The molecule has 1 N–H and O–H groups in total. The van der Waals surface area contributed by atoms with E-state index in [9.17, 15) is 0 Å². The van der Waals surface area contributed by atoms with Crippen molar-refractivity contribution in [2.24, 2.45) is 0 Å². The van der Waals surface area contributed by atoms with Gasteiger partial charge in [0.2, 0.25) is 0 Å². The highest BCUT2D eigenvalue weighted by Crippen LogP contribution is 2.30. The number of rotatable bonds is 2. The molecule has 1 aliphatic rings. The van der Waals surface area contributed by atoms with E-state index >= 15 is 0 Å². The minimum atomic E-state index is 1.06. The lowest BCUT2D eigenvalue weighted by Crippen LogP contribution is -2.43. The summed E-state index contributed by atoms with van der Waals surface area (Å²) >= 11 is 3.49. The molecule has 0 atom stereocenters. The quantitative estimate of drug-likeness (QED) is 0.887. The summed E-state index contributed by atoms with van der Waals surface area (Å²) in [6.07, 6.45) is 0. The average molecular weight is 251 g/mol. The number of hydrogen-bond acceptors (Lipinski definition) is 5. The third-order valence-corrected chi connectivity index (χ3v) is 4.53. The second-order valence-electron chi connectivity index (χ2n) is 3.73. The molecule has 5 heteroatoms. The standard InChI is InChI=1S/C11H13N3S2/c1-2-9(15-7-1)11-13-10(8-16-11)14-5-3-12-4-6-14/h1-2,7-8,12H,3-6H2. The Kier molecular flexibility index (Phi) is 2.90. The van der Waals surface area contributed by atoms with Crippen LogP contribution in [0.4, 0.5) is 5.82 Å². The molecule has 0 aliphatic carbocycles. The van der Waals surface area contributed by atoms with Crippen molar-refractivity contribution >= 4 is 28.5 Å². The van der Waals surface area contributed by atoms with Crippen LogP contribution in [0.3, 0.4) is 0 Å². The van der Waals surface area contributed by atoms with Gasteiger partial charge < -0.3 is 10.2 Å². The second-order valence-corrected chi connectivity index (χ2v) is 5.53. The van der Waals surface area contributed by atoms with Crippen LogP contribution in [0.5, 0.6) is 0 Å². The van der Waals surface area contributed by atoms with Crippen LogP contribution in [0.25, 0.3) is 9.88 Å².